The molecule has 0 spiro atoms. The summed E-state index contributed by atoms with van der Waals surface area (Å²) in [6, 6.07) is 5.39. The van der Waals surface area contributed by atoms with Gasteiger partial charge in [0.25, 0.3) is 0 Å². The lowest BCUT2D eigenvalue weighted by atomic mass is 10.2. The molecule has 16 heavy (non-hydrogen) atoms. The van der Waals surface area contributed by atoms with Gasteiger partial charge >= 0.3 is 0 Å². The van der Waals surface area contributed by atoms with E-state index in [0.29, 0.717) is 23.7 Å². The number of rotatable bonds is 5. The molecule has 0 radical (unpaired) electrons. The van der Waals surface area contributed by atoms with Gasteiger partial charge in [0, 0.05) is 6.54 Å². The lowest BCUT2D eigenvalue weighted by molar-refractivity contribution is -0.119. The van der Waals surface area contributed by atoms with Crippen molar-refractivity contribution in [2.75, 3.05) is 31.2 Å². The van der Waals surface area contributed by atoms with Crippen molar-refractivity contribution in [2.45, 2.75) is 6.92 Å². The number of ether oxygens (including phenoxy) is 1. The second-order valence-corrected chi connectivity index (χ2v) is 3.23. The molecule has 0 saturated carbocycles. The summed E-state index contributed by atoms with van der Waals surface area (Å²) in [6.45, 7) is 2.69. The summed E-state index contributed by atoms with van der Waals surface area (Å²) in [7, 11) is 1.55. The number of likely N-dealkylation sites (N-methyl/N-ethyl adjacent to an activating group) is 1. The van der Waals surface area contributed by atoms with Crippen LogP contribution in [-0.4, -0.2) is 26.1 Å². The molecular formula is C11H17N3O2. The van der Waals surface area contributed by atoms with Gasteiger partial charge in [-0.1, -0.05) is 6.07 Å². The first-order chi connectivity index (χ1) is 7.69. The number of hydrogen-bond acceptors (Lipinski definition) is 4. The Bertz CT molecular complexity index is 366. The molecule has 5 nitrogen and oxygen atoms in total. The Balaban J connectivity index is 2.63. The fraction of sp³-hybridized carbons (Fsp3) is 0.364. The number of para-hydroxylation sites is 1. The number of carbonyl (C=O) groups is 1. The summed E-state index contributed by atoms with van der Waals surface area (Å²) in [5, 5.41) is 5.65. The smallest absolute Gasteiger partial charge is 0.239 e. The lowest BCUT2D eigenvalue weighted by Gasteiger charge is -2.11. The number of hydrogen-bond donors (Lipinski definition) is 3. The molecule has 1 aromatic rings. The molecule has 0 aliphatic carbocycles. The number of nitrogens with one attached hydrogen (secondary N) is 2. The molecule has 1 rings (SSSR count). The maximum atomic E-state index is 11.2. The third kappa shape index (κ3) is 3.05. The van der Waals surface area contributed by atoms with Crippen molar-refractivity contribution >= 4 is 17.3 Å². The molecule has 0 bridgehead atoms. The summed E-state index contributed by atoms with van der Waals surface area (Å²) in [6.07, 6.45) is 0. The van der Waals surface area contributed by atoms with Gasteiger partial charge in [-0.05, 0) is 19.1 Å². The number of carbonyl (C=O) groups excluding carboxylic acids is 1. The van der Waals surface area contributed by atoms with E-state index in [1.165, 1.54) is 0 Å². The average Bonchev–Trinajstić information content (AvgIpc) is 2.28. The highest BCUT2D eigenvalue weighted by Gasteiger charge is 2.05. The SMILES string of the molecule is CCNC(=O)CNc1cccc(OC)c1N. The van der Waals surface area contributed by atoms with Crippen molar-refractivity contribution in [3.63, 3.8) is 0 Å². The topological polar surface area (TPSA) is 76.4 Å². The summed E-state index contributed by atoms with van der Waals surface area (Å²) in [5.74, 6) is 0.533. The fourth-order valence-electron chi connectivity index (χ4n) is 1.31. The molecule has 4 N–H and O–H groups in total. The first-order valence-electron chi connectivity index (χ1n) is 5.12. The first-order valence-corrected chi connectivity index (χ1v) is 5.12. The maximum Gasteiger partial charge on any atom is 0.239 e. The van der Waals surface area contributed by atoms with Gasteiger partial charge in [0.2, 0.25) is 5.91 Å². The standard InChI is InChI=1S/C11H17N3O2/c1-3-13-10(15)7-14-8-5-4-6-9(16-2)11(8)12/h4-6,14H,3,7,12H2,1-2H3,(H,13,15). The maximum absolute atomic E-state index is 11.2. The Morgan fingerprint density at radius 1 is 1.50 bits per heavy atom. The molecule has 0 unspecified atom stereocenters. The Kier molecular flexibility index (Phi) is 4.44. The molecule has 0 atom stereocenters. The molecule has 0 aliphatic rings. The van der Waals surface area contributed by atoms with Crippen LogP contribution in [0.3, 0.4) is 0 Å². The van der Waals surface area contributed by atoms with E-state index in [2.05, 4.69) is 10.6 Å². The van der Waals surface area contributed by atoms with Crippen LogP contribution in [0.2, 0.25) is 0 Å². The van der Waals surface area contributed by atoms with Crippen molar-refractivity contribution in [3.05, 3.63) is 18.2 Å². The van der Waals surface area contributed by atoms with Gasteiger partial charge in [0.15, 0.2) is 0 Å². The molecule has 5 heteroatoms. The quantitative estimate of drug-likeness (QED) is 0.646. The van der Waals surface area contributed by atoms with Crippen molar-refractivity contribution in [2.24, 2.45) is 0 Å². The minimum absolute atomic E-state index is 0.0651. The van der Waals surface area contributed by atoms with E-state index in [4.69, 9.17) is 10.5 Å². The Hall–Kier alpha value is -1.91. The predicted octanol–water partition coefficient (Wildman–Crippen LogP) is 0.825. The van der Waals surface area contributed by atoms with Crippen LogP contribution in [0.1, 0.15) is 6.92 Å². The van der Waals surface area contributed by atoms with E-state index >= 15 is 0 Å². The van der Waals surface area contributed by atoms with Gasteiger partial charge in [-0.25, -0.2) is 0 Å². The Labute approximate surface area is 95.0 Å². The zero-order chi connectivity index (χ0) is 12.0. The van der Waals surface area contributed by atoms with E-state index in [-0.39, 0.29) is 12.5 Å². The van der Waals surface area contributed by atoms with Crippen LogP contribution >= 0.6 is 0 Å². The van der Waals surface area contributed by atoms with Crippen molar-refractivity contribution in [3.8, 4) is 5.75 Å². The molecule has 0 heterocycles. The van der Waals surface area contributed by atoms with Crippen LogP contribution in [0, 0.1) is 0 Å². The van der Waals surface area contributed by atoms with Crippen LogP contribution in [0.5, 0.6) is 5.75 Å². The van der Waals surface area contributed by atoms with Crippen LogP contribution in [-0.2, 0) is 4.79 Å². The largest absolute Gasteiger partial charge is 0.495 e. The van der Waals surface area contributed by atoms with Crippen LogP contribution in [0.15, 0.2) is 18.2 Å². The van der Waals surface area contributed by atoms with Gasteiger partial charge < -0.3 is 21.1 Å². The van der Waals surface area contributed by atoms with Crippen molar-refractivity contribution in [1.29, 1.82) is 0 Å². The van der Waals surface area contributed by atoms with E-state index in [1.54, 1.807) is 19.2 Å². The second-order valence-electron chi connectivity index (χ2n) is 3.23. The van der Waals surface area contributed by atoms with Crippen LogP contribution in [0.25, 0.3) is 0 Å². The zero-order valence-corrected chi connectivity index (χ0v) is 9.54. The van der Waals surface area contributed by atoms with E-state index in [9.17, 15) is 4.79 Å². The number of amides is 1. The highest BCUT2D eigenvalue weighted by atomic mass is 16.5. The minimum atomic E-state index is -0.0651. The van der Waals surface area contributed by atoms with Crippen molar-refractivity contribution < 1.29 is 9.53 Å². The number of nitrogens with two attached hydrogens (primary N) is 1. The highest BCUT2D eigenvalue weighted by Crippen LogP contribution is 2.28. The molecular weight excluding hydrogens is 206 g/mol. The van der Waals surface area contributed by atoms with Gasteiger partial charge in [-0.15, -0.1) is 0 Å². The Morgan fingerprint density at radius 2 is 2.25 bits per heavy atom. The minimum Gasteiger partial charge on any atom is -0.495 e. The van der Waals surface area contributed by atoms with E-state index in [1.807, 2.05) is 13.0 Å². The molecule has 1 amide bonds. The molecule has 88 valence electrons. The number of methoxy groups -OCH3 is 1. The van der Waals surface area contributed by atoms with E-state index in [0.717, 1.165) is 0 Å². The normalized spacial score (nSPS) is 9.62. The first kappa shape index (κ1) is 12.2. The van der Waals surface area contributed by atoms with Gasteiger partial charge in [-0.2, -0.15) is 0 Å². The van der Waals surface area contributed by atoms with E-state index < -0.39 is 0 Å². The molecule has 0 saturated heterocycles. The third-order valence-corrected chi connectivity index (χ3v) is 2.10. The number of benzene rings is 1. The lowest BCUT2D eigenvalue weighted by Crippen LogP contribution is -2.29. The molecule has 1 aromatic carbocycles. The summed E-state index contributed by atoms with van der Waals surface area (Å²) >= 11 is 0. The average molecular weight is 223 g/mol. The van der Waals surface area contributed by atoms with Gasteiger partial charge in [-0.3, -0.25) is 4.79 Å². The summed E-state index contributed by atoms with van der Waals surface area (Å²) < 4.78 is 5.07. The number of nitrogen functional groups attached to an aromatic ring is 1. The monoisotopic (exact) mass is 223 g/mol. The summed E-state index contributed by atoms with van der Waals surface area (Å²) in [4.78, 5) is 11.2. The zero-order valence-electron chi connectivity index (χ0n) is 9.54. The third-order valence-electron chi connectivity index (χ3n) is 2.10. The molecule has 0 fully saturated rings. The molecule has 0 aliphatic heterocycles. The summed E-state index contributed by atoms with van der Waals surface area (Å²) in [5.41, 5.74) is 7.04. The second kappa shape index (κ2) is 5.85. The van der Waals surface area contributed by atoms with Gasteiger partial charge in [0.05, 0.1) is 25.0 Å². The molecule has 0 aromatic heterocycles. The van der Waals surface area contributed by atoms with Crippen LogP contribution in [0.4, 0.5) is 11.4 Å². The highest BCUT2D eigenvalue weighted by molar-refractivity contribution is 5.83. The Morgan fingerprint density at radius 3 is 2.88 bits per heavy atom. The predicted molar refractivity (Wildman–Crippen MR) is 64.6 cm³/mol. The number of anilines is 2. The van der Waals surface area contributed by atoms with Crippen molar-refractivity contribution in [1.82, 2.24) is 5.32 Å². The van der Waals surface area contributed by atoms with Gasteiger partial charge in [0.1, 0.15) is 5.75 Å². The fourth-order valence-corrected chi connectivity index (χ4v) is 1.31. The van der Waals surface area contributed by atoms with Crippen LogP contribution < -0.4 is 21.1 Å².